The van der Waals surface area contributed by atoms with E-state index in [0.717, 1.165) is 30.2 Å². The Hall–Kier alpha value is -0.450. The van der Waals surface area contributed by atoms with Gasteiger partial charge >= 0.3 is 0 Å². The number of aliphatic hydroxyl groups is 1. The van der Waals surface area contributed by atoms with Crippen LogP contribution in [0.1, 0.15) is 50.2 Å². The van der Waals surface area contributed by atoms with Gasteiger partial charge in [-0.2, -0.15) is 0 Å². The summed E-state index contributed by atoms with van der Waals surface area (Å²) in [6.07, 6.45) is 5.39. The van der Waals surface area contributed by atoms with Crippen LogP contribution in [0.2, 0.25) is 0 Å². The first-order valence-electron chi connectivity index (χ1n) is 6.92. The molecule has 1 aliphatic rings. The molecule has 1 fully saturated rings. The molecular weight excluding hydrogens is 309 g/mol. The number of rotatable bonds is 3. The van der Waals surface area contributed by atoms with Gasteiger partial charge in [-0.25, -0.2) is 4.39 Å². The molecule has 0 amide bonds. The second-order valence-electron chi connectivity index (χ2n) is 5.55. The number of hydrogen-bond donors (Lipinski definition) is 2. The SMILES string of the molecule is NCC1(C(O)c2cc(Br)ccc2F)CCCCCC1. The lowest BCUT2D eigenvalue weighted by molar-refractivity contribution is 0.0141. The fourth-order valence-corrected chi connectivity index (χ4v) is 3.45. The standard InChI is InChI=1S/C15H21BrFNO/c16-11-5-6-13(17)12(9-11)14(19)15(10-18)7-3-1-2-4-8-15/h5-6,9,14,19H,1-4,7-8,10,18H2. The summed E-state index contributed by atoms with van der Waals surface area (Å²) in [6.45, 7) is 0.403. The molecule has 0 aromatic heterocycles. The van der Waals surface area contributed by atoms with Gasteiger partial charge in [0.15, 0.2) is 0 Å². The molecule has 1 unspecified atom stereocenters. The summed E-state index contributed by atoms with van der Waals surface area (Å²) in [4.78, 5) is 0. The molecule has 1 aromatic carbocycles. The summed E-state index contributed by atoms with van der Waals surface area (Å²) in [6, 6.07) is 4.71. The molecule has 0 bridgehead atoms. The van der Waals surface area contributed by atoms with E-state index in [1.54, 1.807) is 12.1 Å². The van der Waals surface area contributed by atoms with Crippen LogP contribution in [0.15, 0.2) is 22.7 Å². The Morgan fingerprint density at radius 3 is 2.47 bits per heavy atom. The smallest absolute Gasteiger partial charge is 0.129 e. The minimum Gasteiger partial charge on any atom is -0.388 e. The van der Waals surface area contributed by atoms with E-state index in [0.29, 0.717) is 12.1 Å². The zero-order valence-corrected chi connectivity index (χ0v) is 12.6. The Bertz CT molecular complexity index is 430. The highest BCUT2D eigenvalue weighted by Crippen LogP contribution is 2.45. The van der Waals surface area contributed by atoms with Crippen LogP contribution in [0.3, 0.4) is 0 Å². The maximum atomic E-state index is 14.0. The Balaban J connectivity index is 2.33. The van der Waals surface area contributed by atoms with Crippen molar-refractivity contribution in [3.63, 3.8) is 0 Å². The normalized spacial score (nSPS) is 20.8. The second kappa shape index (κ2) is 6.33. The molecular formula is C15H21BrFNO. The van der Waals surface area contributed by atoms with Crippen molar-refractivity contribution in [1.29, 1.82) is 0 Å². The molecule has 106 valence electrons. The predicted molar refractivity (Wildman–Crippen MR) is 78.2 cm³/mol. The maximum absolute atomic E-state index is 14.0. The highest BCUT2D eigenvalue weighted by Gasteiger charge is 2.38. The zero-order chi connectivity index (χ0) is 13.9. The van der Waals surface area contributed by atoms with Crippen molar-refractivity contribution in [1.82, 2.24) is 0 Å². The molecule has 2 rings (SSSR count). The van der Waals surface area contributed by atoms with Crippen LogP contribution in [0.5, 0.6) is 0 Å². The number of aliphatic hydroxyl groups excluding tert-OH is 1. The van der Waals surface area contributed by atoms with E-state index in [2.05, 4.69) is 15.9 Å². The van der Waals surface area contributed by atoms with Crippen LogP contribution in [-0.4, -0.2) is 11.7 Å². The average Bonchev–Trinajstić information content (AvgIpc) is 2.67. The molecule has 1 aliphatic carbocycles. The summed E-state index contributed by atoms with van der Waals surface area (Å²) < 4.78 is 14.7. The van der Waals surface area contributed by atoms with E-state index in [-0.39, 0.29) is 11.2 Å². The molecule has 0 heterocycles. The number of benzene rings is 1. The largest absolute Gasteiger partial charge is 0.388 e. The summed E-state index contributed by atoms with van der Waals surface area (Å²) in [5, 5.41) is 10.7. The quantitative estimate of drug-likeness (QED) is 0.825. The highest BCUT2D eigenvalue weighted by molar-refractivity contribution is 9.10. The van der Waals surface area contributed by atoms with Crippen LogP contribution in [-0.2, 0) is 0 Å². The van der Waals surface area contributed by atoms with Gasteiger partial charge in [0.05, 0.1) is 6.10 Å². The van der Waals surface area contributed by atoms with E-state index in [9.17, 15) is 9.50 Å². The monoisotopic (exact) mass is 329 g/mol. The van der Waals surface area contributed by atoms with E-state index >= 15 is 0 Å². The first kappa shape index (κ1) is 14.9. The van der Waals surface area contributed by atoms with Crippen molar-refractivity contribution in [2.45, 2.75) is 44.6 Å². The van der Waals surface area contributed by atoms with Crippen molar-refractivity contribution in [3.8, 4) is 0 Å². The van der Waals surface area contributed by atoms with Gasteiger partial charge in [0.25, 0.3) is 0 Å². The third kappa shape index (κ3) is 3.18. The molecule has 1 saturated carbocycles. The van der Waals surface area contributed by atoms with Crippen LogP contribution in [0.4, 0.5) is 4.39 Å². The van der Waals surface area contributed by atoms with Gasteiger partial charge in [0.2, 0.25) is 0 Å². The lowest BCUT2D eigenvalue weighted by Crippen LogP contribution is -2.36. The Morgan fingerprint density at radius 1 is 1.26 bits per heavy atom. The highest BCUT2D eigenvalue weighted by atomic mass is 79.9. The molecule has 3 N–H and O–H groups in total. The second-order valence-corrected chi connectivity index (χ2v) is 6.46. The van der Waals surface area contributed by atoms with Gasteiger partial charge < -0.3 is 10.8 Å². The molecule has 19 heavy (non-hydrogen) atoms. The number of halogens is 2. The van der Waals surface area contributed by atoms with Gasteiger partial charge in [-0.3, -0.25) is 0 Å². The van der Waals surface area contributed by atoms with Crippen LogP contribution in [0, 0.1) is 11.2 Å². The first-order valence-corrected chi connectivity index (χ1v) is 7.71. The fourth-order valence-electron chi connectivity index (χ4n) is 3.08. The number of nitrogens with two attached hydrogens (primary N) is 1. The van der Waals surface area contributed by atoms with Gasteiger partial charge in [-0.1, -0.05) is 41.6 Å². The average molecular weight is 330 g/mol. The molecule has 0 saturated heterocycles. The van der Waals surface area contributed by atoms with E-state index in [1.807, 2.05) is 0 Å². The van der Waals surface area contributed by atoms with Gasteiger partial charge in [0.1, 0.15) is 5.82 Å². The van der Waals surface area contributed by atoms with Crippen molar-refractivity contribution in [2.75, 3.05) is 6.54 Å². The lowest BCUT2D eigenvalue weighted by Gasteiger charge is -2.36. The minimum atomic E-state index is -0.826. The molecule has 0 spiro atoms. The Labute approximate surface area is 122 Å². The van der Waals surface area contributed by atoms with Crippen molar-refractivity contribution in [2.24, 2.45) is 11.1 Å². The predicted octanol–water partition coefficient (Wildman–Crippen LogP) is 3.92. The van der Waals surface area contributed by atoms with Crippen molar-refractivity contribution >= 4 is 15.9 Å². The summed E-state index contributed by atoms with van der Waals surface area (Å²) in [7, 11) is 0. The Kier molecular flexibility index (Phi) is 4.98. The third-order valence-corrected chi connectivity index (χ3v) is 4.83. The van der Waals surface area contributed by atoms with Gasteiger partial charge in [-0.05, 0) is 31.0 Å². The van der Waals surface area contributed by atoms with Crippen molar-refractivity contribution < 1.29 is 9.50 Å². The molecule has 1 atom stereocenters. The van der Waals surface area contributed by atoms with E-state index in [1.165, 1.54) is 18.9 Å². The summed E-state index contributed by atoms with van der Waals surface area (Å²) in [5.74, 6) is -0.354. The molecule has 2 nitrogen and oxygen atoms in total. The zero-order valence-electron chi connectivity index (χ0n) is 11.0. The summed E-state index contributed by atoms with van der Waals surface area (Å²) in [5.41, 5.74) is 5.93. The lowest BCUT2D eigenvalue weighted by atomic mass is 9.73. The van der Waals surface area contributed by atoms with Gasteiger partial charge in [0, 0.05) is 22.0 Å². The molecule has 0 aliphatic heterocycles. The van der Waals surface area contributed by atoms with Crippen LogP contribution in [0.25, 0.3) is 0 Å². The van der Waals surface area contributed by atoms with E-state index < -0.39 is 6.10 Å². The third-order valence-electron chi connectivity index (χ3n) is 4.34. The van der Waals surface area contributed by atoms with Gasteiger partial charge in [-0.15, -0.1) is 0 Å². The minimum absolute atomic E-state index is 0.354. The molecule has 1 aromatic rings. The maximum Gasteiger partial charge on any atom is 0.129 e. The van der Waals surface area contributed by atoms with Crippen LogP contribution < -0.4 is 5.73 Å². The van der Waals surface area contributed by atoms with E-state index in [4.69, 9.17) is 5.73 Å². The molecule has 4 heteroatoms. The fraction of sp³-hybridized carbons (Fsp3) is 0.600. The topological polar surface area (TPSA) is 46.2 Å². The molecule has 0 radical (unpaired) electrons. The Morgan fingerprint density at radius 2 is 1.89 bits per heavy atom. The summed E-state index contributed by atoms with van der Waals surface area (Å²) >= 11 is 3.33. The van der Waals surface area contributed by atoms with Crippen molar-refractivity contribution in [3.05, 3.63) is 34.1 Å². The first-order chi connectivity index (χ1) is 9.09. The van der Waals surface area contributed by atoms with Crippen LogP contribution >= 0.6 is 15.9 Å². The number of hydrogen-bond acceptors (Lipinski definition) is 2.